The van der Waals surface area contributed by atoms with Gasteiger partial charge in [-0.05, 0) is 49.9 Å². The van der Waals surface area contributed by atoms with Crippen molar-refractivity contribution in [1.29, 1.82) is 0 Å². The molecule has 0 saturated heterocycles. The van der Waals surface area contributed by atoms with Crippen LogP contribution in [0.5, 0.6) is 0 Å². The van der Waals surface area contributed by atoms with E-state index in [0.29, 0.717) is 6.04 Å². The molecule has 0 spiro atoms. The first-order valence-electron chi connectivity index (χ1n) is 6.19. The van der Waals surface area contributed by atoms with Crippen molar-refractivity contribution in [2.45, 2.75) is 32.2 Å². The molecule has 1 aliphatic carbocycles. The molecular weight excluding hydrogens is 212 g/mol. The van der Waals surface area contributed by atoms with Gasteiger partial charge in [0.1, 0.15) is 0 Å². The standard InChI is InChI=1S/C14H20N2O/c1-10-9-11(15-2)7-8-13(10)14(17)16(3)12-5-4-6-12/h7-9,12,15H,4-6H2,1-3H3. The highest BCUT2D eigenvalue weighted by molar-refractivity contribution is 5.96. The van der Waals surface area contributed by atoms with Gasteiger partial charge in [-0.25, -0.2) is 0 Å². The van der Waals surface area contributed by atoms with Gasteiger partial charge in [0.05, 0.1) is 0 Å². The minimum atomic E-state index is 0.148. The summed E-state index contributed by atoms with van der Waals surface area (Å²) in [6, 6.07) is 6.33. The quantitative estimate of drug-likeness (QED) is 0.869. The Morgan fingerprint density at radius 2 is 2.12 bits per heavy atom. The SMILES string of the molecule is CNc1ccc(C(=O)N(C)C2CCC2)c(C)c1. The molecular formula is C14H20N2O. The lowest BCUT2D eigenvalue weighted by Crippen LogP contribution is -2.41. The van der Waals surface area contributed by atoms with Gasteiger partial charge >= 0.3 is 0 Å². The van der Waals surface area contributed by atoms with Gasteiger partial charge in [0.2, 0.25) is 0 Å². The van der Waals surface area contributed by atoms with Gasteiger partial charge in [-0.1, -0.05) is 0 Å². The highest BCUT2D eigenvalue weighted by Gasteiger charge is 2.26. The van der Waals surface area contributed by atoms with E-state index in [1.165, 1.54) is 6.42 Å². The zero-order valence-electron chi connectivity index (χ0n) is 10.8. The Kier molecular flexibility index (Phi) is 3.36. The Labute approximate surface area is 103 Å². The number of benzene rings is 1. The molecule has 0 bridgehead atoms. The summed E-state index contributed by atoms with van der Waals surface area (Å²) in [6.07, 6.45) is 3.55. The van der Waals surface area contributed by atoms with Crippen LogP contribution in [-0.4, -0.2) is 30.9 Å². The van der Waals surface area contributed by atoms with Crippen LogP contribution in [0, 0.1) is 6.92 Å². The van der Waals surface area contributed by atoms with Crippen LogP contribution in [0.4, 0.5) is 5.69 Å². The summed E-state index contributed by atoms with van der Waals surface area (Å²) >= 11 is 0. The topological polar surface area (TPSA) is 32.3 Å². The molecule has 0 aliphatic heterocycles. The number of nitrogens with one attached hydrogen (secondary N) is 1. The average Bonchev–Trinajstić information content (AvgIpc) is 2.25. The van der Waals surface area contributed by atoms with Crippen LogP contribution in [0.2, 0.25) is 0 Å². The molecule has 17 heavy (non-hydrogen) atoms. The molecule has 0 radical (unpaired) electrons. The third-order valence-corrected chi connectivity index (χ3v) is 3.69. The lowest BCUT2D eigenvalue weighted by atomic mass is 9.91. The molecule has 1 saturated carbocycles. The van der Waals surface area contributed by atoms with Crippen molar-refractivity contribution in [3.8, 4) is 0 Å². The third-order valence-electron chi connectivity index (χ3n) is 3.69. The number of aryl methyl sites for hydroxylation is 1. The number of hydrogen-bond acceptors (Lipinski definition) is 2. The van der Waals surface area contributed by atoms with Crippen LogP contribution in [0.25, 0.3) is 0 Å². The molecule has 1 aromatic rings. The summed E-state index contributed by atoms with van der Waals surface area (Å²) in [5.74, 6) is 0.148. The number of hydrogen-bond donors (Lipinski definition) is 1. The smallest absolute Gasteiger partial charge is 0.254 e. The van der Waals surface area contributed by atoms with Gasteiger partial charge in [-0.15, -0.1) is 0 Å². The summed E-state index contributed by atoms with van der Waals surface area (Å²) < 4.78 is 0. The molecule has 0 unspecified atom stereocenters. The van der Waals surface area contributed by atoms with E-state index in [1.54, 1.807) is 0 Å². The Hall–Kier alpha value is -1.51. The Balaban J connectivity index is 2.18. The first kappa shape index (κ1) is 12.0. The number of rotatable bonds is 3. The molecule has 2 rings (SSSR count). The molecule has 92 valence electrons. The third kappa shape index (κ3) is 2.28. The molecule has 0 heterocycles. The van der Waals surface area contributed by atoms with Gasteiger partial charge in [0.25, 0.3) is 5.91 Å². The van der Waals surface area contributed by atoms with Crippen molar-refractivity contribution in [3.05, 3.63) is 29.3 Å². The molecule has 3 nitrogen and oxygen atoms in total. The van der Waals surface area contributed by atoms with Crippen molar-refractivity contribution in [1.82, 2.24) is 4.90 Å². The molecule has 1 N–H and O–H groups in total. The summed E-state index contributed by atoms with van der Waals surface area (Å²) in [5.41, 5.74) is 2.90. The van der Waals surface area contributed by atoms with Crippen LogP contribution in [0.3, 0.4) is 0 Å². The Morgan fingerprint density at radius 3 is 2.59 bits per heavy atom. The number of carbonyl (C=O) groups is 1. The van der Waals surface area contributed by atoms with E-state index in [1.807, 2.05) is 44.1 Å². The number of anilines is 1. The van der Waals surface area contributed by atoms with Crippen molar-refractivity contribution >= 4 is 11.6 Å². The molecule has 3 heteroatoms. The first-order chi connectivity index (χ1) is 8.13. The first-order valence-corrected chi connectivity index (χ1v) is 6.19. The van der Waals surface area contributed by atoms with Crippen molar-refractivity contribution in [2.75, 3.05) is 19.4 Å². The van der Waals surface area contributed by atoms with Gasteiger partial charge in [-0.2, -0.15) is 0 Å². The number of carbonyl (C=O) groups excluding carboxylic acids is 1. The van der Waals surface area contributed by atoms with Gasteiger partial charge in [-0.3, -0.25) is 4.79 Å². The fraction of sp³-hybridized carbons (Fsp3) is 0.500. The number of nitrogens with zero attached hydrogens (tertiary/aromatic N) is 1. The zero-order chi connectivity index (χ0) is 12.4. The van der Waals surface area contributed by atoms with E-state index in [9.17, 15) is 4.79 Å². The molecule has 0 atom stereocenters. The summed E-state index contributed by atoms with van der Waals surface area (Å²) in [6.45, 7) is 1.99. The predicted octanol–water partition coefficient (Wildman–Crippen LogP) is 2.66. The van der Waals surface area contributed by atoms with Crippen LogP contribution in [0.1, 0.15) is 35.2 Å². The maximum absolute atomic E-state index is 12.3. The van der Waals surface area contributed by atoms with E-state index >= 15 is 0 Å². The molecule has 0 aromatic heterocycles. The van der Waals surface area contributed by atoms with Gasteiger partial charge in [0.15, 0.2) is 0 Å². The molecule has 1 aliphatic rings. The van der Waals surface area contributed by atoms with Crippen LogP contribution in [-0.2, 0) is 0 Å². The van der Waals surface area contributed by atoms with Crippen LogP contribution < -0.4 is 5.32 Å². The second kappa shape index (κ2) is 4.78. The molecule has 1 fully saturated rings. The van der Waals surface area contributed by atoms with E-state index in [4.69, 9.17) is 0 Å². The summed E-state index contributed by atoms with van der Waals surface area (Å²) in [5, 5.41) is 3.08. The second-order valence-corrected chi connectivity index (χ2v) is 4.78. The minimum Gasteiger partial charge on any atom is -0.388 e. The van der Waals surface area contributed by atoms with E-state index in [2.05, 4.69) is 5.32 Å². The molecule has 1 aromatic carbocycles. The average molecular weight is 232 g/mol. The lowest BCUT2D eigenvalue weighted by molar-refractivity contribution is 0.0651. The second-order valence-electron chi connectivity index (χ2n) is 4.78. The lowest BCUT2D eigenvalue weighted by Gasteiger charge is -2.35. The fourth-order valence-corrected chi connectivity index (χ4v) is 2.19. The van der Waals surface area contributed by atoms with Gasteiger partial charge in [0, 0.05) is 31.4 Å². The number of amides is 1. The van der Waals surface area contributed by atoms with Gasteiger partial charge < -0.3 is 10.2 Å². The fourth-order valence-electron chi connectivity index (χ4n) is 2.19. The highest BCUT2D eigenvalue weighted by Crippen LogP contribution is 2.26. The predicted molar refractivity (Wildman–Crippen MR) is 70.5 cm³/mol. The Bertz CT molecular complexity index is 424. The van der Waals surface area contributed by atoms with Crippen molar-refractivity contribution < 1.29 is 4.79 Å². The zero-order valence-corrected chi connectivity index (χ0v) is 10.8. The summed E-state index contributed by atoms with van der Waals surface area (Å²) in [4.78, 5) is 14.2. The highest BCUT2D eigenvalue weighted by atomic mass is 16.2. The van der Waals surface area contributed by atoms with Crippen molar-refractivity contribution in [2.24, 2.45) is 0 Å². The maximum Gasteiger partial charge on any atom is 0.254 e. The van der Waals surface area contributed by atoms with Crippen LogP contribution >= 0.6 is 0 Å². The summed E-state index contributed by atoms with van der Waals surface area (Å²) in [7, 11) is 3.80. The largest absolute Gasteiger partial charge is 0.388 e. The van der Waals surface area contributed by atoms with E-state index in [-0.39, 0.29) is 5.91 Å². The molecule has 1 amide bonds. The van der Waals surface area contributed by atoms with Crippen molar-refractivity contribution in [3.63, 3.8) is 0 Å². The van der Waals surface area contributed by atoms with E-state index in [0.717, 1.165) is 29.7 Å². The van der Waals surface area contributed by atoms with Crippen LogP contribution in [0.15, 0.2) is 18.2 Å². The van der Waals surface area contributed by atoms with E-state index < -0.39 is 0 Å². The monoisotopic (exact) mass is 232 g/mol. The maximum atomic E-state index is 12.3. The minimum absolute atomic E-state index is 0.148. The Morgan fingerprint density at radius 1 is 1.41 bits per heavy atom. The normalized spacial score (nSPS) is 15.2.